The number of benzene rings is 2. The maximum Gasteiger partial charge on any atom is 0.340 e. The first kappa shape index (κ1) is 23.1. The van der Waals surface area contributed by atoms with Gasteiger partial charge in [0, 0.05) is 35.9 Å². The number of pyridine rings is 1. The van der Waals surface area contributed by atoms with E-state index in [1.165, 1.54) is 18.0 Å². The van der Waals surface area contributed by atoms with Gasteiger partial charge in [-0.1, -0.05) is 41.4 Å². The van der Waals surface area contributed by atoms with Crippen molar-refractivity contribution in [1.82, 2.24) is 14.5 Å². The van der Waals surface area contributed by atoms with Crippen LogP contribution in [-0.4, -0.2) is 33.0 Å². The van der Waals surface area contributed by atoms with Gasteiger partial charge < -0.3 is 14.6 Å². The highest BCUT2D eigenvalue weighted by molar-refractivity contribution is 7.99. The molecule has 0 fully saturated rings. The van der Waals surface area contributed by atoms with E-state index in [1.54, 1.807) is 43.5 Å². The number of nitrogens with one attached hydrogen (secondary N) is 1. The number of para-hydroxylation sites is 1. The molecule has 0 atom stereocenters. The molecule has 0 aliphatic carbocycles. The molecular weight excluding hydrogens is 483 g/mol. The van der Waals surface area contributed by atoms with Gasteiger partial charge in [-0.15, -0.1) is 0 Å². The van der Waals surface area contributed by atoms with Crippen molar-refractivity contribution in [2.75, 3.05) is 11.9 Å². The van der Waals surface area contributed by atoms with Gasteiger partial charge in [0.1, 0.15) is 0 Å². The third kappa shape index (κ3) is 4.68. The molecule has 2 aromatic carbocycles. The van der Waals surface area contributed by atoms with E-state index in [1.807, 2.05) is 23.9 Å². The van der Waals surface area contributed by atoms with Crippen LogP contribution in [0.2, 0.25) is 10.0 Å². The summed E-state index contributed by atoms with van der Waals surface area (Å²) in [4.78, 5) is 35.0. The minimum atomic E-state index is -0.485. The summed E-state index contributed by atoms with van der Waals surface area (Å²) in [5, 5.41) is 4.67. The van der Waals surface area contributed by atoms with Crippen molar-refractivity contribution in [2.24, 2.45) is 7.05 Å². The Morgan fingerprint density at radius 1 is 1.12 bits per heavy atom. The van der Waals surface area contributed by atoms with Gasteiger partial charge in [0.2, 0.25) is 0 Å². The summed E-state index contributed by atoms with van der Waals surface area (Å²) in [5.41, 5.74) is 1.43. The average Bonchev–Trinajstić information content (AvgIpc) is 3.18. The molecule has 2 aromatic heterocycles. The van der Waals surface area contributed by atoms with Crippen LogP contribution in [0.25, 0.3) is 10.9 Å². The molecule has 10 heteroatoms. The molecule has 0 aliphatic rings. The first-order valence-electron chi connectivity index (χ1n) is 9.90. The number of rotatable bonds is 6. The number of imidazole rings is 1. The van der Waals surface area contributed by atoms with Crippen molar-refractivity contribution in [2.45, 2.75) is 17.0 Å². The van der Waals surface area contributed by atoms with E-state index in [0.717, 1.165) is 0 Å². The second-order valence-corrected chi connectivity index (χ2v) is 8.69. The van der Waals surface area contributed by atoms with Crippen molar-refractivity contribution in [3.8, 4) is 0 Å². The molecule has 1 amide bonds. The number of hydrogen-bond acceptors (Lipinski definition) is 6. The molecule has 7 nitrogen and oxygen atoms in total. The average molecular weight is 501 g/mol. The van der Waals surface area contributed by atoms with Gasteiger partial charge in [0.05, 0.1) is 39.0 Å². The monoisotopic (exact) mass is 500 g/mol. The quantitative estimate of drug-likeness (QED) is 0.334. The van der Waals surface area contributed by atoms with Crippen LogP contribution >= 0.6 is 35.0 Å². The summed E-state index contributed by atoms with van der Waals surface area (Å²) in [6.07, 6.45) is 4.94. The lowest BCUT2D eigenvalue weighted by Crippen LogP contribution is -2.14. The van der Waals surface area contributed by atoms with Crippen molar-refractivity contribution in [1.29, 1.82) is 0 Å². The molecule has 0 saturated heterocycles. The van der Waals surface area contributed by atoms with E-state index in [0.29, 0.717) is 32.2 Å². The number of aromatic nitrogens is 3. The fourth-order valence-electron chi connectivity index (χ4n) is 3.20. The third-order valence-corrected chi connectivity index (χ3v) is 6.60. The van der Waals surface area contributed by atoms with E-state index < -0.39 is 11.9 Å². The Hall–Kier alpha value is -3.07. The van der Waals surface area contributed by atoms with Gasteiger partial charge in [-0.2, -0.15) is 0 Å². The van der Waals surface area contributed by atoms with Gasteiger partial charge in [-0.25, -0.2) is 9.78 Å². The van der Waals surface area contributed by atoms with Gasteiger partial charge in [-0.3, -0.25) is 9.78 Å². The van der Waals surface area contributed by atoms with Crippen LogP contribution in [0.1, 0.15) is 27.6 Å². The summed E-state index contributed by atoms with van der Waals surface area (Å²) in [6, 6.07) is 10.2. The van der Waals surface area contributed by atoms with Crippen LogP contribution in [0.15, 0.2) is 65.0 Å². The number of halogens is 2. The largest absolute Gasteiger partial charge is 0.462 e. The Morgan fingerprint density at radius 2 is 1.85 bits per heavy atom. The molecule has 4 aromatic rings. The molecule has 0 unspecified atom stereocenters. The second kappa shape index (κ2) is 9.82. The molecule has 0 spiro atoms. The SMILES string of the molecule is CCOC(=O)c1cnc2c(NC(=O)c3c(Cl)cccc3Cl)cccc2c1Sc1nccn1C. The van der Waals surface area contributed by atoms with Gasteiger partial charge in [0.25, 0.3) is 5.91 Å². The number of carbonyl (C=O) groups is 2. The van der Waals surface area contributed by atoms with Crippen LogP contribution in [0, 0.1) is 0 Å². The number of fused-ring (bicyclic) bond motifs is 1. The zero-order chi connectivity index (χ0) is 23.5. The van der Waals surface area contributed by atoms with Crippen LogP contribution in [0.4, 0.5) is 5.69 Å². The molecule has 0 aliphatic heterocycles. The van der Waals surface area contributed by atoms with Gasteiger partial charge >= 0.3 is 5.97 Å². The van der Waals surface area contributed by atoms with Crippen molar-refractivity contribution >= 4 is 63.4 Å². The standard InChI is InChI=1S/C23H18Cl2N4O3S/c1-3-32-22(31)14-12-27-19-13(20(14)33-23-26-10-11-29(23)2)6-4-9-17(19)28-21(30)18-15(24)7-5-8-16(18)25/h4-12H,3H2,1-2H3,(H,28,30). The molecule has 0 saturated carbocycles. The number of hydrogen-bond donors (Lipinski definition) is 1. The lowest BCUT2D eigenvalue weighted by molar-refractivity contribution is 0.0522. The Balaban J connectivity index is 1.82. The number of esters is 1. The van der Waals surface area contributed by atoms with E-state index in [4.69, 9.17) is 27.9 Å². The topological polar surface area (TPSA) is 86.1 Å². The fourth-order valence-corrected chi connectivity index (χ4v) is 4.80. The van der Waals surface area contributed by atoms with Gasteiger partial charge in [0.15, 0.2) is 5.16 Å². The van der Waals surface area contributed by atoms with Crippen LogP contribution in [0.5, 0.6) is 0 Å². The Kier molecular flexibility index (Phi) is 6.88. The summed E-state index contributed by atoms with van der Waals surface area (Å²) >= 11 is 13.7. The summed E-state index contributed by atoms with van der Waals surface area (Å²) in [5.74, 6) is -0.950. The molecular formula is C23H18Cl2N4O3S. The number of aryl methyl sites for hydroxylation is 1. The number of anilines is 1. The number of nitrogens with zero attached hydrogens (tertiary/aromatic N) is 3. The molecule has 4 rings (SSSR count). The molecule has 33 heavy (non-hydrogen) atoms. The zero-order valence-electron chi connectivity index (χ0n) is 17.6. The first-order valence-corrected chi connectivity index (χ1v) is 11.5. The lowest BCUT2D eigenvalue weighted by Gasteiger charge is -2.14. The highest BCUT2D eigenvalue weighted by atomic mass is 35.5. The minimum absolute atomic E-state index is 0.170. The normalized spacial score (nSPS) is 10.9. The van der Waals surface area contributed by atoms with Crippen molar-refractivity contribution in [3.05, 3.63) is 76.2 Å². The predicted octanol–water partition coefficient (Wildman–Crippen LogP) is 5.86. The zero-order valence-corrected chi connectivity index (χ0v) is 20.0. The van der Waals surface area contributed by atoms with Gasteiger partial charge in [-0.05, 0) is 36.9 Å². The van der Waals surface area contributed by atoms with Crippen LogP contribution in [0.3, 0.4) is 0 Å². The van der Waals surface area contributed by atoms with Crippen LogP contribution < -0.4 is 5.32 Å². The molecule has 0 radical (unpaired) electrons. The molecule has 0 bridgehead atoms. The predicted molar refractivity (Wildman–Crippen MR) is 129 cm³/mol. The smallest absolute Gasteiger partial charge is 0.340 e. The second-order valence-electron chi connectivity index (χ2n) is 6.90. The van der Waals surface area contributed by atoms with E-state index in [-0.39, 0.29) is 22.2 Å². The molecule has 168 valence electrons. The van der Waals surface area contributed by atoms with Crippen molar-refractivity contribution in [3.63, 3.8) is 0 Å². The summed E-state index contributed by atoms with van der Waals surface area (Å²) < 4.78 is 7.07. The molecule has 1 N–H and O–H groups in total. The van der Waals surface area contributed by atoms with E-state index in [2.05, 4.69) is 15.3 Å². The lowest BCUT2D eigenvalue weighted by atomic mass is 10.1. The maximum atomic E-state index is 12.9. The Labute approximate surface area is 204 Å². The first-order chi connectivity index (χ1) is 15.9. The number of carbonyl (C=O) groups excluding carboxylic acids is 2. The number of ether oxygens (including phenoxy) is 1. The minimum Gasteiger partial charge on any atom is -0.462 e. The maximum absolute atomic E-state index is 12.9. The summed E-state index contributed by atoms with van der Waals surface area (Å²) in [7, 11) is 1.86. The fraction of sp³-hybridized carbons (Fsp3) is 0.130. The third-order valence-electron chi connectivity index (χ3n) is 4.75. The van der Waals surface area contributed by atoms with E-state index in [9.17, 15) is 9.59 Å². The highest BCUT2D eigenvalue weighted by Gasteiger charge is 2.22. The Morgan fingerprint density at radius 3 is 2.52 bits per heavy atom. The van der Waals surface area contributed by atoms with E-state index >= 15 is 0 Å². The Bertz CT molecular complexity index is 1350. The highest BCUT2D eigenvalue weighted by Crippen LogP contribution is 2.37. The number of amides is 1. The molecule has 2 heterocycles. The summed E-state index contributed by atoms with van der Waals surface area (Å²) in [6.45, 7) is 1.98. The van der Waals surface area contributed by atoms with Crippen LogP contribution in [-0.2, 0) is 11.8 Å². The van der Waals surface area contributed by atoms with Crippen molar-refractivity contribution < 1.29 is 14.3 Å².